The smallest absolute Gasteiger partial charge is 0.238 e. The predicted molar refractivity (Wildman–Crippen MR) is 92.4 cm³/mol. The van der Waals surface area contributed by atoms with E-state index in [0.717, 1.165) is 35.4 Å². The van der Waals surface area contributed by atoms with E-state index in [0.29, 0.717) is 11.2 Å². The summed E-state index contributed by atoms with van der Waals surface area (Å²) in [4.78, 5) is 21.7. The van der Waals surface area contributed by atoms with Crippen LogP contribution in [-0.4, -0.2) is 21.9 Å². The molecule has 1 fully saturated rings. The summed E-state index contributed by atoms with van der Waals surface area (Å²) in [6.45, 7) is 5.99. The predicted octanol–water partition coefficient (Wildman–Crippen LogP) is 3.51. The molecule has 1 atom stereocenters. The first-order valence-corrected chi connectivity index (χ1v) is 8.76. The van der Waals surface area contributed by atoms with Crippen LogP contribution in [0.25, 0.3) is 0 Å². The molecule has 1 N–H and O–H groups in total. The Morgan fingerprint density at radius 3 is 2.30 bits per heavy atom. The van der Waals surface area contributed by atoms with Crippen molar-refractivity contribution in [3.63, 3.8) is 0 Å². The number of aryl methyl sites for hydroxylation is 2. The van der Waals surface area contributed by atoms with E-state index < -0.39 is 0 Å². The highest BCUT2D eigenvalue weighted by atomic mass is 32.2. The zero-order valence-corrected chi connectivity index (χ0v) is 14.5. The van der Waals surface area contributed by atoms with Crippen molar-refractivity contribution in [2.45, 2.75) is 50.1 Å². The van der Waals surface area contributed by atoms with Gasteiger partial charge >= 0.3 is 0 Å². The molecule has 120 valence electrons. The van der Waals surface area contributed by atoms with E-state index in [9.17, 15) is 4.79 Å². The first-order valence-electron chi connectivity index (χ1n) is 7.88. The third-order valence-electron chi connectivity index (χ3n) is 4.10. The third-order valence-corrected chi connectivity index (χ3v) is 5.21. The molecule has 1 amide bonds. The monoisotopic (exact) mass is 327 g/mol. The molecule has 23 heavy (non-hydrogen) atoms. The number of aromatic nitrogens is 2. The largest absolute Gasteiger partial charge is 0.352 e. The molecule has 5 heteroatoms. The van der Waals surface area contributed by atoms with E-state index in [1.165, 1.54) is 11.8 Å². The zero-order valence-electron chi connectivity index (χ0n) is 13.7. The minimum Gasteiger partial charge on any atom is -0.352 e. The maximum atomic E-state index is 12.6. The van der Waals surface area contributed by atoms with Crippen molar-refractivity contribution in [3.05, 3.63) is 52.8 Å². The highest BCUT2D eigenvalue weighted by Crippen LogP contribution is 2.35. The fraction of sp³-hybridized carbons (Fsp3) is 0.389. The molecule has 0 radical (unpaired) electrons. The Labute approximate surface area is 141 Å². The molecular weight excluding hydrogens is 306 g/mol. The number of nitrogens with one attached hydrogen (secondary N) is 1. The number of amides is 1. The van der Waals surface area contributed by atoms with Gasteiger partial charge in [-0.2, -0.15) is 0 Å². The van der Waals surface area contributed by atoms with Gasteiger partial charge < -0.3 is 5.32 Å². The second-order valence-corrected chi connectivity index (χ2v) is 7.07. The topological polar surface area (TPSA) is 54.9 Å². The molecule has 1 heterocycles. The van der Waals surface area contributed by atoms with Gasteiger partial charge in [-0.05, 0) is 44.7 Å². The molecule has 0 saturated heterocycles. The summed E-state index contributed by atoms with van der Waals surface area (Å²) in [6.07, 6.45) is 2.16. The van der Waals surface area contributed by atoms with Gasteiger partial charge in [0.1, 0.15) is 5.25 Å². The normalized spacial score (nSPS) is 15.3. The minimum atomic E-state index is -0.321. The van der Waals surface area contributed by atoms with Crippen molar-refractivity contribution < 1.29 is 4.79 Å². The fourth-order valence-corrected chi connectivity index (χ4v) is 3.36. The van der Waals surface area contributed by atoms with E-state index in [2.05, 4.69) is 15.3 Å². The Kier molecular flexibility index (Phi) is 4.66. The first kappa shape index (κ1) is 16.0. The van der Waals surface area contributed by atoms with Crippen molar-refractivity contribution in [1.82, 2.24) is 15.3 Å². The van der Waals surface area contributed by atoms with Gasteiger partial charge in [0.25, 0.3) is 0 Å². The van der Waals surface area contributed by atoms with E-state index in [-0.39, 0.29) is 11.2 Å². The van der Waals surface area contributed by atoms with Crippen molar-refractivity contribution in [3.8, 4) is 0 Å². The average molecular weight is 327 g/mol. The standard InChI is InChI=1S/C18H21N3OS/c1-11-12(2)19-18(20-13(11)3)23-16(14-7-5-4-6-8-14)17(22)21-15-9-10-15/h4-8,15-16H,9-10H2,1-3H3,(H,21,22)/t16-/m1/s1. The van der Waals surface area contributed by atoms with Gasteiger partial charge in [-0.25, -0.2) is 9.97 Å². The summed E-state index contributed by atoms with van der Waals surface area (Å²) in [5, 5.41) is 3.43. The van der Waals surface area contributed by atoms with Crippen LogP contribution in [-0.2, 0) is 4.79 Å². The van der Waals surface area contributed by atoms with Crippen molar-refractivity contribution in [2.24, 2.45) is 0 Å². The molecule has 0 aliphatic heterocycles. The Balaban J connectivity index is 1.87. The molecule has 0 bridgehead atoms. The summed E-state index contributed by atoms with van der Waals surface area (Å²) in [7, 11) is 0. The van der Waals surface area contributed by atoms with Crippen LogP contribution in [0.15, 0.2) is 35.5 Å². The van der Waals surface area contributed by atoms with Crippen LogP contribution in [0.4, 0.5) is 0 Å². The summed E-state index contributed by atoms with van der Waals surface area (Å²) in [6, 6.07) is 10.2. The molecule has 0 unspecified atom stereocenters. The van der Waals surface area contributed by atoms with Gasteiger partial charge in [0.05, 0.1) is 0 Å². The van der Waals surface area contributed by atoms with Crippen molar-refractivity contribution >= 4 is 17.7 Å². The number of carbonyl (C=O) groups excluding carboxylic acids is 1. The molecule has 1 aliphatic rings. The van der Waals surface area contributed by atoms with Crippen LogP contribution in [0.3, 0.4) is 0 Å². The molecule has 4 nitrogen and oxygen atoms in total. The van der Waals surface area contributed by atoms with Crippen molar-refractivity contribution in [2.75, 3.05) is 0 Å². The van der Waals surface area contributed by atoms with Crippen LogP contribution < -0.4 is 5.32 Å². The SMILES string of the molecule is Cc1nc(S[C@@H](C(=O)NC2CC2)c2ccccc2)nc(C)c1C. The highest BCUT2D eigenvalue weighted by Gasteiger charge is 2.29. The summed E-state index contributed by atoms with van der Waals surface area (Å²) >= 11 is 1.42. The lowest BCUT2D eigenvalue weighted by atomic mass is 10.1. The second-order valence-electron chi connectivity index (χ2n) is 5.99. The van der Waals surface area contributed by atoms with E-state index in [4.69, 9.17) is 0 Å². The van der Waals surface area contributed by atoms with E-state index >= 15 is 0 Å². The number of carbonyl (C=O) groups is 1. The number of thioether (sulfide) groups is 1. The molecule has 0 spiro atoms. The fourth-order valence-electron chi connectivity index (χ4n) is 2.30. The van der Waals surface area contributed by atoms with Gasteiger partial charge in [-0.1, -0.05) is 42.1 Å². The van der Waals surface area contributed by atoms with Crippen LogP contribution in [0, 0.1) is 20.8 Å². The Morgan fingerprint density at radius 1 is 1.13 bits per heavy atom. The first-order chi connectivity index (χ1) is 11.0. The van der Waals surface area contributed by atoms with E-state index in [1.807, 2.05) is 51.1 Å². The number of hydrogen-bond donors (Lipinski definition) is 1. The summed E-state index contributed by atoms with van der Waals surface area (Å²) in [5.41, 5.74) is 4.02. The van der Waals surface area contributed by atoms with Crippen LogP contribution in [0.5, 0.6) is 0 Å². The average Bonchev–Trinajstić information content (AvgIpc) is 3.35. The molecule has 3 rings (SSSR count). The number of hydrogen-bond acceptors (Lipinski definition) is 4. The maximum absolute atomic E-state index is 12.6. The quantitative estimate of drug-likeness (QED) is 0.674. The van der Waals surface area contributed by atoms with E-state index in [1.54, 1.807) is 0 Å². The number of benzene rings is 1. The highest BCUT2D eigenvalue weighted by molar-refractivity contribution is 8.00. The van der Waals surface area contributed by atoms with Crippen LogP contribution in [0.1, 0.15) is 40.6 Å². The van der Waals surface area contributed by atoms with Gasteiger partial charge in [0.2, 0.25) is 5.91 Å². The number of nitrogens with zero attached hydrogens (tertiary/aromatic N) is 2. The lowest BCUT2D eigenvalue weighted by Crippen LogP contribution is -2.29. The Bertz CT molecular complexity index is 690. The van der Waals surface area contributed by atoms with Gasteiger partial charge in [-0.3, -0.25) is 4.79 Å². The third kappa shape index (κ3) is 3.91. The lowest BCUT2D eigenvalue weighted by Gasteiger charge is -2.17. The summed E-state index contributed by atoms with van der Waals surface area (Å²) in [5.74, 6) is 0.0446. The Hall–Kier alpha value is -1.88. The van der Waals surface area contributed by atoms with Gasteiger partial charge in [0.15, 0.2) is 5.16 Å². The molecule has 1 aromatic heterocycles. The van der Waals surface area contributed by atoms with Crippen molar-refractivity contribution in [1.29, 1.82) is 0 Å². The molecule has 2 aromatic rings. The molecule has 1 aromatic carbocycles. The van der Waals surface area contributed by atoms with Crippen LogP contribution >= 0.6 is 11.8 Å². The maximum Gasteiger partial charge on any atom is 0.238 e. The van der Waals surface area contributed by atoms with Gasteiger partial charge in [0, 0.05) is 17.4 Å². The molecular formula is C18H21N3OS. The summed E-state index contributed by atoms with van der Waals surface area (Å²) < 4.78 is 0. The molecule has 1 saturated carbocycles. The number of rotatable bonds is 5. The van der Waals surface area contributed by atoms with Gasteiger partial charge in [-0.15, -0.1) is 0 Å². The second kappa shape index (κ2) is 6.71. The lowest BCUT2D eigenvalue weighted by molar-refractivity contribution is -0.120. The zero-order chi connectivity index (χ0) is 16.4. The molecule has 1 aliphatic carbocycles. The Morgan fingerprint density at radius 2 is 1.74 bits per heavy atom. The van der Waals surface area contributed by atoms with Crippen LogP contribution in [0.2, 0.25) is 0 Å². The minimum absolute atomic E-state index is 0.0446.